The lowest BCUT2D eigenvalue weighted by Gasteiger charge is -2.02. The maximum absolute atomic E-state index is 4.21. The molecular weight excluding hydrogens is 194 g/mol. The van der Waals surface area contributed by atoms with Gasteiger partial charge in [-0.05, 0) is 49.4 Å². The van der Waals surface area contributed by atoms with E-state index in [4.69, 9.17) is 0 Å². The fourth-order valence-corrected chi connectivity index (χ4v) is 1.90. The third kappa shape index (κ3) is 3.20. The Morgan fingerprint density at radius 2 is 1.69 bits per heavy atom. The zero-order chi connectivity index (χ0) is 11.2. The molecule has 1 heterocycles. The highest BCUT2D eigenvalue weighted by Gasteiger charge is 1.95. The van der Waals surface area contributed by atoms with Gasteiger partial charge in [-0.1, -0.05) is 30.3 Å². The molecular formula is C15H17N. The number of rotatable bonds is 4. The highest BCUT2D eigenvalue weighted by atomic mass is 14.6. The van der Waals surface area contributed by atoms with Crippen molar-refractivity contribution in [3.8, 4) is 0 Å². The SMILES string of the molecule is Cc1cc(CCCc2ccccc2)ccn1. The number of aromatic nitrogens is 1. The molecule has 0 N–H and O–H groups in total. The molecule has 16 heavy (non-hydrogen) atoms. The molecule has 1 aromatic carbocycles. The molecule has 0 spiro atoms. The first-order valence-corrected chi connectivity index (χ1v) is 5.80. The Kier molecular flexibility index (Phi) is 3.71. The Hall–Kier alpha value is -1.63. The summed E-state index contributed by atoms with van der Waals surface area (Å²) in [5.74, 6) is 0. The average molecular weight is 211 g/mol. The zero-order valence-electron chi connectivity index (χ0n) is 9.69. The van der Waals surface area contributed by atoms with Crippen LogP contribution in [0.3, 0.4) is 0 Å². The van der Waals surface area contributed by atoms with Crippen molar-refractivity contribution in [2.45, 2.75) is 26.2 Å². The van der Waals surface area contributed by atoms with Crippen LogP contribution in [0.1, 0.15) is 23.2 Å². The summed E-state index contributed by atoms with van der Waals surface area (Å²) in [6.45, 7) is 2.04. The van der Waals surface area contributed by atoms with E-state index in [9.17, 15) is 0 Å². The van der Waals surface area contributed by atoms with Gasteiger partial charge in [0.15, 0.2) is 0 Å². The van der Waals surface area contributed by atoms with E-state index in [1.54, 1.807) is 0 Å². The summed E-state index contributed by atoms with van der Waals surface area (Å²) in [6.07, 6.45) is 5.39. The minimum absolute atomic E-state index is 1.11. The molecule has 0 aliphatic rings. The normalized spacial score (nSPS) is 10.3. The molecule has 0 atom stereocenters. The van der Waals surface area contributed by atoms with Gasteiger partial charge in [-0.2, -0.15) is 0 Å². The Morgan fingerprint density at radius 3 is 2.44 bits per heavy atom. The molecule has 1 heteroatoms. The number of pyridine rings is 1. The van der Waals surface area contributed by atoms with E-state index in [1.807, 2.05) is 13.1 Å². The third-order valence-corrected chi connectivity index (χ3v) is 2.73. The maximum atomic E-state index is 4.21. The van der Waals surface area contributed by atoms with Crippen LogP contribution in [0.25, 0.3) is 0 Å². The number of hydrogen-bond acceptors (Lipinski definition) is 1. The second-order valence-electron chi connectivity index (χ2n) is 4.14. The minimum atomic E-state index is 1.11. The molecule has 0 aliphatic heterocycles. The van der Waals surface area contributed by atoms with Crippen molar-refractivity contribution in [1.82, 2.24) is 4.98 Å². The van der Waals surface area contributed by atoms with Gasteiger partial charge in [0.1, 0.15) is 0 Å². The topological polar surface area (TPSA) is 12.9 Å². The molecule has 0 saturated carbocycles. The van der Waals surface area contributed by atoms with Gasteiger partial charge in [0.25, 0.3) is 0 Å². The van der Waals surface area contributed by atoms with Crippen LogP contribution in [0.15, 0.2) is 48.7 Å². The summed E-state index contributed by atoms with van der Waals surface area (Å²) in [5, 5.41) is 0. The summed E-state index contributed by atoms with van der Waals surface area (Å²) in [5.41, 5.74) is 3.92. The lowest BCUT2D eigenvalue weighted by molar-refractivity contribution is 0.818. The average Bonchev–Trinajstić information content (AvgIpc) is 2.30. The van der Waals surface area contributed by atoms with Crippen LogP contribution in [0.5, 0.6) is 0 Å². The van der Waals surface area contributed by atoms with Crippen LogP contribution < -0.4 is 0 Å². The second kappa shape index (κ2) is 5.45. The fraction of sp³-hybridized carbons (Fsp3) is 0.267. The van der Waals surface area contributed by atoms with Crippen molar-refractivity contribution in [1.29, 1.82) is 0 Å². The molecule has 1 nitrogen and oxygen atoms in total. The molecule has 2 aromatic rings. The molecule has 0 radical (unpaired) electrons. The molecule has 0 bridgehead atoms. The van der Waals surface area contributed by atoms with E-state index in [0.29, 0.717) is 0 Å². The number of hydrogen-bond donors (Lipinski definition) is 0. The zero-order valence-corrected chi connectivity index (χ0v) is 9.69. The van der Waals surface area contributed by atoms with Crippen molar-refractivity contribution < 1.29 is 0 Å². The smallest absolute Gasteiger partial charge is 0.0375 e. The van der Waals surface area contributed by atoms with Crippen LogP contribution in [0, 0.1) is 6.92 Å². The maximum Gasteiger partial charge on any atom is 0.0375 e. The van der Waals surface area contributed by atoms with Crippen molar-refractivity contribution in [3.05, 3.63) is 65.5 Å². The van der Waals surface area contributed by atoms with E-state index in [2.05, 4.69) is 47.4 Å². The van der Waals surface area contributed by atoms with E-state index >= 15 is 0 Å². The summed E-state index contributed by atoms with van der Waals surface area (Å²) < 4.78 is 0. The van der Waals surface area contributed by atoms with E-state index in [0.717, 1.165) is 18.5 Å². The summed E-state index contributed by atoms with van der Waals surface area (Å²) >= 11 is 0. The molecule has 2 rings (SSSR count). The number of aryl methyl sites for hydroxylation is 3. The summed E-state index contributed by atoms with van der Waals surface area (Å²) in [4.78, 5) is 4.21. The highest BCUT2D eigenvalue weighted by Crippen LogP contribution is 2.08. The lowest BCUT2D eigenvalue weighted by Crippen LogP contribution is -1.91. The Bertz CT molecular complexity index is 434. The molecule has 0 amide bonds. The molecule has 0 aliphatic carbocycles. The molecule has 82 valence electrons. The first-order chi connectivity index (χ1) is 7.84. The quantitative estimate of drug-likeness (QED) is 0.753. The van der Waals surface area contributed by atoms with Gasteiger partial charge in [-0.25, -0.2) is 0 Å². The van der Waals surface area contributed by atoms with Gasteiger partial charge in [0.05, 0.1) is 0 Å². The van der Waals surface area contributed by atoms with Crippen LogP contribution in [-0.2, 0) is 12.8 Å². The van der Waals surface area contributed by atoms with E-state index in [-0.39, 0.29) is 0 Å². The Morgan fingerprint density at radius 1 is 0.938 bits per heavy atom. The monoisotopic (exact) mass is 211 g/mol. The van der Waals surface area contributed by atoms with Crippen molar-refractivity contribution in [2.75, 3.05) is 0 Å². The van der Waals surface area contributed by atoms with Gasteiger partial charge in [-0.15, -0.1) is 0 Å². The number of nitrogens with zero attached hydrogens (tertiary/aromatic N) is 1. The van der Waals surface area contributed by atoms with Crippen molar-refractivity contribution in [3.63, 3.8) is 0 Å². The van der Waals surface area contributed by atoms with Gasteiger partial charge in [-0.3, -0.25) is 4.98 Å². The first kappa shape index (κ1) is 10.9. The van der Waals surface area contributed by atoms with Crippen LogP contribution in [-0.4, -0.2) is 4.98 Å². The first-order valence-electron chi connectivity index (χ1n) is 5.80. The van der Waals surface area contributed by atoms with E-state index in [1.165, 1.54) is 17.5 Å². The van der Waals surface area contributed by atoms with Crippen molar-refractivity contribution >= 4 is 0 Å². The minimum Gasteiger partial charge on any atom is -0.262 e. The number of benzene rings is 1. The van der Waals surface area contributed by atoms with E-state index < -0.39 is 0 Å². The molecule has 1 aromatic heterocycles. The highest BCUT2D eigenvalue weighted by molar-refractivity contribution is 5.17. The Balaban J connectivity index is 1.85. The predicted molar refractivity (Wildman–Crippen MR) is 67.4 cm³/mol. The standard InChI is InChI=1S/C15H17N/c1-13-12-15(10-11-16-13)9-5-8-14-6-3-2-4-7-14/h2-4,6-7,10-12H,5,8-9H2,1H3. The van der Waals surface area contributed by atoms with Gasteiger partial charge < -0.3 is 0 Å². The Labute approximate surface area is 97.2 Å². The van der Waals surface area contributed by atoms with Gasteiger partial charge in [0.2, 0.25) is 0 Å². The second-order valence-corrected chi connectivity index (χ2v) is 4.14. The van der Waals surface area contributed by atoms with Gasteiger partial charge >= 0.3 is 0 Å². The molecule has 0 fully saturated rings. The third-order valence-electron chi connectivity index (χ3n) is 2.73. The van der Waals surface area contributed by atoms with Crippen LogP contribution >= 0.6 is 0 Å². The fourth-order valence-electron chi connectivity index (χ4n) is 1.90. The van der Waals surface area contributed by atoms with Crippen LogP contribution in [0.2, 0.25) is 0 Å². The summed E-state index contributed by atoms with van der Waals surface area (Å²) in [7, 11) is 0. The van der Waals surface area contributed by atoms with Crippen molar-refractivity contribution in [2.24, 2.45) is 0 Å². The van der Waals surface area contributed by atoms with Gasteiger partial charge in [0, 0.05) is 11.9 Å². The predicted octanol–water partition coefficient (Wildman–Crippen LogP) is 3.57. The van der Waals surface area contributed by atoms with Crippen LogP contribution in [0.4, 0.5) is 0 Å². The summed E-state index contributed by atoms with van der Waals surface area (Å²) in [6, 6.07) is 14.9. The molecule has 0 saturated heterocycles. The largest absolute Gasteiger partial charge is 0.262 e. The lowest BCUT2D eigenvalue weighted by atomic mass is 10.0. The molecule has 0 unspecified atom stereocenters.